The van der Waals surface area contributed by atoms with E-state index < -0.39 is 10.0 Å². The molecule has 0 bridgehead atoms. The minimum Gasteiger partial charge on any atom is -0.493 e. The summed E-state index contributed by atoms with van der Waals surface area (Å²) in [6.45, 7) is 3.58. The Bertz CT molecular complexity index is 751. The molecule has 1 aromatic rings. The first kappa shape index (κ1) is 20.2. The molecule has 1 aliphatic rings. The van der Waals surface area contributed by atoms with Crippen molar-refractivity contribution >= 4 is 21.8 Å². The van der Waals surface area contributed by atoms with Crippen molar-refractivity contribution in [3.63, 3.8) is 0 Å². The zero-order chi connectivity index (χ0) is 19.2. The maximum absolute atomic E-state index is 12.4. The molecule has 0 unspecified atom stereocenters. The number of benzene rings is 1. The number of hydrogen-bond acceptors (Lipinski definition) is 5. The number of amides is 2. The molecule has 9 heteroatoms. The number of nitrogens with one attached hydrogen (secondary N) is 1. The normalized spacial score (nSPS) is 16.0. The number of sulfonamides is 1. The summed E-state index contributed by atoms with van der Waals surface area (Å²) < 4.78 is 30.0. The van der Waals surface area contributed by atoms with Gasteiger partial charge < -0.3 is 15.0 Å². The molecule has 144 valence electrons. The van der Waals surface area contributed by atoms with E-state index in [1.54, 1.807) is 29.2 Å². The molecule has 0 atom stereocenters. The fourth-order valence-corrected chi connectivity index (χ4v) is 3.65. The molecule has 1 heterocycles. The summed E-state index contributed by atoms with van der Waals surface area (Å²) in [5, 5.41) is 2.61. The topological polar surface area (TPSA) is 96.0 Å². The average molecular weight is 383 g/mol. The van der Waals surface area contributed by atoms with Crippen molar-refractivity contribution in [1.29, 1.82) is 0 Å². The predicted octanol–water partition coefficient (Wildman–Crippen LogP) is 0.309. The Balaban J connectivity index is 1.91. The van der Waals surface area contributed by atoms with Gasteiger partial charge in [0.05, 0.1) is 25.0 Å². The monoisotopic (exact) mass is 383 g/mol. The van der Waals surface area contributed by atoms with E-state index in [2.05, 4.69) is 5.32 Å². The van der Waals surface area contributed by atoms with Crippen LogP contribution in [-0.4, -0.2) is 75.0 Å². The van der Waals surface area contributed by atoms with Crippen molar-refractivity contribution in [3.05, 3.63) is 29.8 Å². The van der Waals surface area contributed by atoms with Crippen molar-refractivity contribution in [2.75, 3.05) is 45.6 Å². The molecule has 1 aliphatic heterocycles. The van der Waals surface area contributed by atoms with E-state index in [-0.39, 0.29) is 24.9 Å². The third-order valence-electron chi connectivity index (χ3n) is 4.11. The lowest BCUT2D eigenvalue weighted by molar-refractivity contribution is -0.129. The Labute approximate surface area is 154 Å². The molecule has 1 fully saturated rings. The first-order valence-corrected chi connectivity index (χ1v) is 10.4. The van der Waals surface area contributed by atoms with Crippen molar-refractivity contribution in [1.82, 2.24) is 14.5 Å². The molecule has 0 aliphatic carbocycles. The van der Waals surface area contributed by atoms with Crippen LogP contribution in [0.3, 0.4) is 0 Å². The van der Waals surface area contributed by atoms with E-state index in [4.69, 9.17) is 4.74 Å². The molecule has 1 saturated heterocycles. The molecule has 1 N–H and O–H groups in total. The Kier molecular flexibility index (Phi) is 6.98. The van der Waals surface area contributed by atoms with Crippen LogP contribution in [-0.2, 0) is 14.8 Å². The van der Waals surface area contributed by atoms with Gasteiger partial charge in [-0.3, -0.25) is 9.59 Å². The number of para-hydroxylation sites is 1. The van der Waals surface area contributed by atoms with Gasteiger partial charge in [-0.25, -0.2) is 12.7 Å². The Morgan fingerprint density at radius 3 is 2.58 bits per heavy atom. The van der Waals surface area contributed by atoms with Crippen molar-refractivity contribution in [2.24, 2.45) is 0 Å². The molecule has 0 spiro atoms. The van der Waals surface area contributed by atoms with Crippen LogP contribution in [0.2, 0.25) is 0 Å². The van der Waals surface area contributed by atoms with Crippen molar-refractivity contribution in [3.8, 4) is 5.75 Å². The maximum Gasteiger partial charge on any atom is 0.255 e. The minimum absolute atomic E-state index is 0.141. The molecule has 0 saturated carbocycles. The van der Waals surface area contributed by atoms with Crippen LogP contribution in [0.15, 0.2) is 24.3 Å². The number of carbonyl (C=O) groups excluding carboxylic acids is 2. The third kappa shape index (κ3) is 5.43. The summed E-state index contributed by atoms with van der Waals surface area (Å²) in [4.78, 5) is 26.3. The van der Waals surface area contributed by atoms with Gasteiger partial charge in [0.1, 0.15) is 5.75 Å². The van der Waals surface area contributed by atoms with E-state index in [1.807, 2.05) is 6.92 Å². The van der Waals surface area contributed by atoms with Crippen molar-refractivity contribution in [2.45, 2.75) is 13.3 Å². The fourth-order valence-electron chi connectivity index (χ4n) is 2.77. The van der Waals surface area contributed by atoms with E-state index in [0.29, 0.717) is 44.0 Å². The molecular weight excluding hydrogens is 358 g/mol. The zero-order valence-electron chi connectivity index (χ0n) is 15.1. The fraction of sp³-hybridized carbons (Fsp3) is 0.529. The van der Waals surface area contributed by atoms with Crippen LogP contribution in [0.4, 0.5) is 0 Å². The second-order valence-electron chi connectivity index (χ2n) is 6.01. The quantitative estimate of drug-likeness (QED) is 0.763. The van der Waals surface area contributed by atoms with Gasteiger partial charge in [0.2, 0.25) is 15.9 Å². The van der Waals surface area contributed by atoms with Gasteiger partial charge in [0.25, 0.3) is 5.91 Å². The summed E-state index contributed by atoms with van der Waals surface area (Å²) in [6.07, 6.45) is 1.74. The molecule has 8 nitrogen and oxygen atoms in total. The van der Waals surface area contributed by atoms with E-state index in [0.717, 1.165) is 0 Å². The van der Waals surface area contributed by atoms with Gasteiger partial charge in [-0.2, -0.15) is 0 Å². The lowest BCUT2D eigenvalue weighted by Gasteiger charge is -2.21. The lowest BCUT2D eigenvalue weighted by Crippen LogP contribution is -2.42. The molecule has 26 heavy (non-hydrogen) atoms. The lowest BCUT2D eigenvalue weighted by atomic mass is 10.2. The van der Waals surface area contributed by atoms with E-state index in [9.17, 15) is 18.0 Å². The number of hydrogen-bond donors (Lipinski definition) is 1. The SMILES string of the molecule is CCOc1ccccc1C(=O)NCC(=O)N1CCCN(S(C)(=O)=O)CC1. The van der Waals surface area contributed by atoms with E-state index in [1.165, 1.54) is 10.6 Å². The highest BCUT2D eigenvalue weighted by molar-refractivity contribution is 7.88. The van der Waals surface area contributed by atoms with Gasteiger partial charge in [-0.1, -0.05) is 12.1 Å². The number of carbonyl (C=O) groups is 2. The Morgan fingerprint density at radius 1 is 1.15 bits per heavy atom. The van der Waals surface area contributed by atoms with Crippen LogP contribution in [0.25, 0.3) is 0 Å². The van der Waals surface area contributed by atoms with Crippen LogP contribution in [0.1, 0.15) is 23.7 Å². The standard InChI is InChI=1S/C17H25N3O5S/c1-3-25-15-8-5-4-7-14(15)17(22)18-13-16(21)19-9-6-10-20(12-11-19)26(2,23)24/h4-5,7-8H,3,6,9-13H2,1-2H3,(H,18,22). The second kappa shape index (κ2) is 9.00. The summed E-state index contributed by atoms with van der Waals surface area (Å²) >= 11 is 0. The molecule has 0 radical (unpaired) electrons. The highest BCUT2D eigenvalue weighted by atomic mass is 32.2. The largest absolute Gasteiger partial charge is 0.493 e. The summed E-state index contributed by atoms with van der Waals surface area (Å²) in [7, 11) is -3.26. The molecule has 0 aromatic heterocycles. The Morgan fingerprint density at radius 2 is 1.88 bits per heavy atom. The number of rotatable bonds is 6. The number of nitrogens with zero attached hydrogens (tertiary/aromatic N) is 2. The smallest absolute Gasteiger partial charge is 0.255 e. The van der Waals surface area contributed by atoms with Crippen LogP contribution in [0, 0.1) is 0 Å². The van der Waals surface area contributed by atoms with E-state index >= 15 is 0 Å². The van der Waals surface area contributed by atoms with Gasteiger partial charge in [0.15, 0.2) is 0 Å². The van der Waals surface area contributed by atoms with Crippen molar-refractivity contribution < 1.29 is 22.7 Å². The predicted molar refractivity (Wildman–Crippen MR) is 97.6 cm³/mol. The van der Waals surface area contributed by atoms with Gasteiger partial charge >= 0.3 is 0 Å². The van der Waals surface area contributed by atoms with Gasteiger partial charge in [-0.15, -0.1) is 0 Å². The molecular formula is C17H25N3O5S. The minimum atomic E-state index is -3.26. The zero-order valence-corrected chi connectivity index (χ0v) is 15.9. The van der Waals surface area contributed by atoms with Crippen LogP contribution < -0.4 is 10.1 Å². The van der Waals surface area contributed by atoms with Gasteiger partial charge in [0, 0.05) is 26.2 Å². The summed E-state index contributed by atoms with van der Waals surface area (Å²) in [6, 6.07) is 6.85. The maximum atomic E-state index is 12.4. The molecule has 2 amide bonds. The second-order valence-corrected chi connectivity index (χ2v) is 7.99. The third-order valence-corrected chi connectivity index (χ3v) is 5.41. The average Bonchev–Trinajstić information content (AvgIpc) is 2.86. The van der Waals surface area contributed by atoms with Crippen LogP contribution in [0.5, 0.6) is 5.75 Å². The first-order valence-electron chi connectivity index (χ1n) is 8.56. The highest BCUT2D eigenvalue weighted by Crippen LogP contribution is 2.17. The van der Waals surface area contributed by atoms with Crippen LogP contribution >= 0.6 is 0 Å². The first-order chi connectivity index (χ1) is 12.3. The summed E-state index contributed by atoms with van der Waals surface area (Å²) in [5.41, 5.74) is 0.376. The summed E-state index contributed by atoms with van der Waals surface area (Å²) in [5.74, 6) is -0.143. The Hall–Kier alpha value is -2.13. The highest BCUT2D eigenvalue weighted by Gasteiger charge is 2.24. The van der Waals surface area contributed by atoms with Gasteiger partial charge in [-0.05, 0) is 25.5 Å². The molecule has 2 rings (SSSR count). The molecule has 1 aromatic carbocycles. The number of ether oxygens (including phenoxy) is 1.